The number of hydrogen-bond acceptors (Lipinski definition) is 4. The maximum atomic E-state index is 5.77. The number of hydrogen-bond donors (Lipinski definition) is 1. The highest BCUT2D eigenvalue weighted by molar-refractivity contribution is 7.80. The minimum Gasteiger partial charge on any atom is -0.389 e. The van der Waals surface area contributed by atoms with Crippen molar-refractivity contribution < 1.29 is 0 Å². The number of nitrogens with two attached hydrogens (primary N) is 1. The van der Waals surface area contributed by atoms with E-state index in [0.29, 0.717) is 4.99 Å². The minimum atomic E-state index is 0.386. The summed E-state index contributed by atoms with van der Waals surface area (Å²) in [6.07, 6.45) is 0. The van der Waals surface area contributed by atoms with Crippen molar-refractivity contribution in [3.05, 3.63) is 16.8 Å². The van der Waals surface area contributed by atoms with Crippen LogP contribution in [-0.2, 0) is 0 Å². The van der Waals surface area contributed by atoms with Crippen LogP contribution in [0.4, 0.5) is 5.82 Å². The molecule has 0 fully saturated rings. The highest BCUT2D eigenvalue weighted by Crippen LogP contribution is 2.21. The minimum absolute atomic E-state index is 0.386. The topological polar surface area (TPSA) is 55.0 Å². The number of nitrogens with zero attached hydrogens (tertiary/aromatic N) is 3. The van der Waals surface area contributed by atoms with E-state index in [4.69, 9.17) is 18.0 Å². The van der Waals surface area contributed by atoms with Crippen LogP contribution >= 0.6 is 12.2 Å². The average molecular weight is 238 g/mol. The molecule has 0 atom stereocenters. The molecule has 0 radical (unpaired) electrons. The second-order valence-electron chi connectivity index (χ2n) is 3.65. The van der Waals surface area contributed by atoms with Gasteiger partial charge in [0.1, 0.15) is 4.99 Å². The second kappa shape index (κ2) is 5.21. The Morgan fingerprint density at radius 1 is 1.25 bits per heavy atom. The predicted molar refractivity (Wildman–Crippen MR) is 71.0 cm³/mol. The van der Waals surface area contributed by atoms with E-state index < -0.39 is 0 Å². The first-order chi connectivity index (χ1) is 7.52. The Morgan fingerprint density at radius 3 is 2.25 bits per heavy atom. The van der Waals surface area contributed by atoms with E-state index in [0.717, 1.165) is 35.7 Å². The van der Waals surface area contributed by atoms with Crippen LogP contribution in [0.2, 0.25) is 0 Å². The number of aryl methyl sites for hydroxylation is 1. The molecule has 0 bridgehead atoms. The molecule has 2 N–H and O–H groups in total. The molecule has 0 saturated carbocycles. The van der Waals surface area contributed by atoms with E-state index in [2.05, 4.69) is 28.9 Å². The van der Waals surface area contributed by atoms with Gasteiger partial charge in [-0.1, -0.05) is 12.2 Å². The van der Waals surface area contributed by atoms with Gasteiger partial charge in [-0.15, -0.1) is 5.10 Å². The molecular formula is C11H18N4S. The number of thiocarbonyl (C=S) groups is 1. The molecular weight excluding hydrogens is 220 g/mol. The fraction of sp³-hybridized carbons (Fsp3) is 0.545. The molecule has 0 unspecified atom stereocenters. The van der Waals surface area contributed by atoms with E-state index in [1.807, 2.05) is 13.8 Å². The summed E-state index contributed by atoms with van der Waals surface area (Å²) in [5.41, 5.74) is 8.51. The Bertz CT molecular complexity index is 399. The fourth-order valence-electron chi connectivity index (χ4n) is 1.64. The first-order valence-electron chi connectivity index (χ1n) is 5.41. The van der Waals surface area contributed by atoms with Crippen molar-refractivity contribution in [3.8, 4) is 0 Å². The Hall–Kier alpha value is -1.23. The first kappa shape index (κ1) is 12.8. The van der Waals surface area contributed by atoms with Crippen molar-refractivity contribution in [3.63, 3.8) is 0 Å². The molecule has 0 saturated heterocycles. The van der Waals surface area contributed by atoms with Gasteiger partial charge in [-0.05, 0) is 33.3 Å². The normalized spacial score (nSPS) is 10.2. The van der Waals surface area contributed by atoms with Crippen molar-refractivity contribution in [2.45, 2.75) is 27.7 Å². The van der Waals surface area contributed by atoms with Gasteiger partial charge in [-0.2, -0.15) is 5.10 Å². The quantitative estimate of drug-likeness (QED) is 0.807. The summed E-state index contributed by atoms with van der Waals surface area (Å²) < 4.78 is 0. The van der Waals surface area contributed by atoms with Crippen molar-refractivity contribution in [1.29, 1.82) is 0 Å². The average Bonchev–Trinajstić information content (AvgIpc) is 2.24. The summed E-state index contributed by atoms with van der Waals surface area (Å²) in [5, 5.41) is 8.34. The summed E-state index contributed by atoms with van der Waals surface area (Å²) in [6, 6.07) is 0. The monoisotopic (exact) mass is 238 g/mol. The zero-order chi connectivity index (χ0) is 12.3. The van der Waals surface area contributed by atoms with E-state index in [9.17, 15) is 0 Å². The smallest absolute Gasteiger partial charge is 0.161 e. The molecule has 0 aromatic carbocycles. The van der Waals surface area contributed by atoms with Crippen molar-refractivity contribution in [2.75, 3.05) is 18.0 Å². The molecule has 0 spiro atoms. The molecule has 0 aliphatic heterocycles. The van der Waals surface area contributed by atoms with E-state index in [-0.39, 0.29) is 0 Å². The third kappa shape index (κ3) is 2.29. The summed E-state index contributed by atoms with van der Waals surface area (Å²) in [6.45, 7) is 9.77. The number of rotatable bonds is 4. The molecule has 4 nitrogen and oxygen atoms in total. The van der Waals surface area contributed by atoms with Gasteiger partial charge in [-0.3, -0.25) is 0 Å². The van der Waals surface area contributed by atoms with E-state index in [1.165, 1.54) is 0 Å². The number of aromatic nitrogens is 2. The van der Waals surface area contributed by atoms with Crippen LogP contribution in [0.5, 0.6) is 0 Å². The van der Waals surface area contributed by atoms with Crippen LogP contribution in [0.1, 0.15) is 30.7 Å². The summed E-state index contributed by atoms with van der Waals surface area (Å²) in [5.74, 6) is 0.792. The van der Waals surface area contributed by atoms with Crippen LogP contribution in [0.25, 0.3) is 0 Å². The van der Waals surface area contributed by atoms with Gasteiger partial charge in [0.2, 0.25) is 0 Å². The molecule has 1 aromatic heterocycles. The highest BCUT2D eigenvalue weighted by atomic mass is 32.1. The standard InChI is InChI=1S/C11H18N4S/c1-5-15(6-2)11-9(10(12)16)7(3)8(4)13-14-11/h5-6H2,1-4H3,(H2,12,16). The zero-order valence-electron chi connectivity index (χ0n) is 10.2. The maximum Gasteiger partial charge on any atom is 0.161 e. The summed E-state index contributed by atoms with van der Waals surface area (Å²) >= 11 is 5.10. The molecule has 0 aliphatic rings. The number of anilines is 1. The van der Waals surface area contributed by atoms with Gasteiger partial charge < -0.3 is 10.6 Å². The van der Waals surface area contributed by atoms with Gasteiger partial charge in [-0.25, -0.2) is 0 Å². The Kier molecular flexibility index (Phi) is 4.18. The maximum absolute atomic E-state index is 5.77. The summed E-state index contributed by atoms with van der Waals surface area (Å²) in [7, 11) is 0. The molecule has 1 aromatic rings. The van der Waals surface area contributed by atoms with Crippen LogP contribution < -0.4 is 10.6 Å². The van der Waals surface area contributed by atoms with Crippen LogP contribution in [0, 0.1) is 13.8 Å². The van der Waals surface area contributed by atoms with Gasteiger partial charge in [0.05, 0.1) is 11.3 Å². The highest BCUT2D eigenvalue weighted by Gasteiger charge is 2.16. The van der Waals surface area contributed by atoms with Crippen molar-refractivity contribution >= 4 is 23.0 Å². The van der Waals surface area contributed by atoms with Gasteiger partial charge in [0.15, 0.2) is 5.82 Å². The third-order valence-corrected chi connectivity index (χ3v) is 2.95. The largest absolute Gasteiger partial charge is 0.389 e. The molecule has 0 aliphatic carbocycles. The second-order valence-corrected chi connectivity index (χ2v) is 4.09. The van der Waals surface area contributed by atoms with E-state index >= 15 is 0 Å². The lowest BCUT2D eigenvalue weighted by Gasteiger charge is -2.23. The molecule has 1 heterocycles. The fourth-order valence-corrected chi connectivity index (χ4v) is 1.88. The van der Waals surface area contributed by atoms with Gasteiger partial charge in [0.25, 0.3) is 0 Å². The van der Waals surface area contributed by atoms with E-state index in [1.54, 1.807) is 0 Å². The molecule has 1 rings (SSSR count). The molecule has 16 heavy (non-hydrogen) atoms. The zero-order valence-corrected chi connectivity index (χ0v) is 11.1. The lowest BCUT2D eigenvalue weighted by Crippen LogP contribution is -2.28. The van der Waals surface area contributed by atoms with Crippen LogP contribution in [0.3, 0.4) is 0 Å². The van der Waals surface area contributed by atoms with Gasteiger partial charge >= 0.3 is 0 Å². The Balaban J connectivity index is 3.39. The van der Waals surface area contributed by atoms with Crippen LogP contribution in [-0.4, -0.2) is 28.3 Å². The van der Waals surface area contributed by atoms with Crippen LogP contribution in [0.15, 0.2) is 0 Å². The molecule has 5 heteroatoms. The lowest BCUT2D eigenvalue weighted by molar-refractivity contribution is 0.812. The predicted octanol–water partition coefficient (Wildman–Crippen LogP) is 1.57. The van der Waals surface area contributed by atoms with Crippen molar-refractivity contribution in [1.82, 2.24) is 10.2 Å². The van der Waals surface area contributed by atoms with Gasteiger partial charge in [0, 0.05) is 13.1 Å². The van der Waals surface area contributed by atoms with Crippen molar-refractivity contribution in [2.24, 2.45) is 5.73 Å². The first-order valence-corrected chi connectivity index (χ1v) is 5.82. The molecule has 0 amide bonds. The SMILES string of the molecule is CCN(CC)c1nnc(C)c(C)c1C(N)=S. The third-order valence-electron chi connectivity index (χ3n) is 2.75. The Morgan fingerprint density at radius 2 is 1.81 bits per heavy atom. The lowest BCUT2D eigenvalue weighted by atomic mass is 10.1. The Labute approximate surface area is 102 Å². The summed E-state index contributed by atoms with van der Waals surface area (Å²) in [4.78, 5) is 2.49. The molecule has 88 valence electrons.